The highest BCUT2D eigenvalue weighted by Crippen LogP contribution is 2.32. The number of methoxy groups -OCH3 is 1. The number of carbonyl (C=O) groups excluding carboxylic acids is 1. The van der Waals surface area contributed by atoms with Crippen molar-refractivity contribution in [2.24, 2.45) is 0 Å². The van der Waals surface area contributed by atoms with Gasteiger partial charge in [-0.1, -0.05) is 36.4 Å². The lowest BCUT2D eigenvalue weighted by Crippen LogP contribution is -2.19. The van der Waals surface area contributed by atoms with Gasteiger partial charge in [0.25, 0.3) is 10.0 Å². The summed E-state index contributed by atoms with van der Waals surface area (Å²) in [5, 5.41) is 0.595. The van der Waals surface area contributed by atoms with Gasteiger partial charge in [-0.2, -0.15) is 0 Å². The smallest absolute Gasteiger partial charge is 0.268 e. The molecule has 7 nitrogen and oxygen atoms in total. The van der Waals surface area contributed by atoms with E-state index >= 15 is 0 Å². The van der Waals surface area contributed by atoms with Gasteiger partial charge in [-0.25, -0.2) is 12.4 Å². The molecular formula is C25H21NO6S. The fourth-order valence-electron chi connectivity index (χ4n) is 3.93. The van der Waals surface area contributed by atoms with Gasteiger partial charge in [0.1, 0.15) is 11.4 Å². The first-order valence-electron chi connectivity index (χ1n) is 10.4. The molecule has 0 bridgehead atoms. The quantitative estimate of drug-likeness (QED) is 0.399. The number of nitrogens with zero attached hydrogens (tertiary/aromatic N) is 1. The number of ether oxygens (including phenoxy) is 3. The van der Waals surface area contributed by atoms with Crippen molar-refractivity contribution in [2.45, 2.75) is 11.2 Å². The molecule has 0 unspecified atom stereocenters. The van der Waals surface area contributed by atoms with Crippen molar-refractivity contribution in [3.8, 4) is 5.75 Å². The maximum atomic E-state index is 13.7. The fraction of sp³-hybridized carbons (Fsp3) is 0.160. The maximum absolute atomic E-state index is 13.7. The van der Waals surface area contributed by atoms with E-state index in [1.54, 1.807) is 66.7 Å². The highest BCUT2D eigenvalue weighted by atomic mass is 32.2. The Labute approximate surface area is 191 Å². The molecule has 33 heavy (non-hydrogen) atoms. The van der Waals surface area contributed by atoms with Crippen molar-refractivity contribution >= 4 is 26.7 Å². The Kier molecular flexibility index (Phi) is 5.49. The van der Waals surface area contributed by atoms with Gasteiger partial charge in [-0.3, -0.25) is 4.79 Å². The van der Waals surface area contributed by atoms with E-state index in [0.29, 0.717) is 35.4 Å². The van der Waals surface area contributed by atoms with E-state index < -0.39 is 22.1 Å². The van der Waals surface area contributed by atoms with Crippen molar-refractivity contribution < 1.29 is 27.4 Å². The SMILES string of the molecule is COc1cccc(C(=O)c2cc3cc(C4OCCO4)ccc3n2S(=O)(=O)c2ccccc2)c1. The van der Waals surface area contributed by atoms with Crippen LogP contribution in [0.1, 0.15) is 27.9 Å². The Bertz CT molecular complexity index is 1440. The second-order valence-electron chi connectivity index (χ2n) is 7.56. The number of rotatable bonds is 6. The van der Waals surface area contributed by atoms with Crippen molar-refractivity contribution in [1.29, 1.82) is 0 Å². The molecule has 5 rings (SSSR count). The topological polar surface area (TPSA) is 83.8 Å². The van der Waals surface area contributed by atoms with E-state index in [-0.39, 0.29) is 10.6 Å². The minimum Gasteiger partial charge on any atom is -0.497 e. The van der Waals surface area contributed by atoms with Gasteiger partial charge >= 0.3 is 0 Å². The minimum atomic E-state index is -4.05. The Morgan fingerprint density at radius 3 is 2.42 bits per heavy atom. The molecule has 1 aliphatic rings. The molecule has 1 fully saturated rings. The molecule has 168 valence electrons. The average molecular weight is 464 g/mol. The number of ketones is 1. The first kappa shape index (κ1) is 21.4. The van der Waals surface area contributed by atoms with Gasteiger partial charge in [-0.05, 0) is 42.5 Å². The van der Waals surface area contributed by atoms with Gasteiger partial charge in [0.2, 0.25) is 5.78 Å². The number of aromatic nitrogens is 1. The van der Waals surface area contributed by atoms with Crippen LogP contribution in [0.25, 0.3) is 10.9 Å². The standard InChI is InChI=1S/C25H21NO6S/c1-30-20-7-5-6-17(15-20)24(27)23-16-19-14-18(25-31-12-13-32-25)10-11-22(19)26(23)33(28,29)21-8-3-2-4-9-21/h2-11,14-16,25H,12-13H2,1H3. The van der Waals surface area contributed by atoms with Crippen molar-refractivity contribution in [3.05, 3.63) is 95.7 Å². The summed E-state index contributed by atoms with van der Waals surface area (Å²) in [6.07, 6.45) is -0.513. The van der Waals surface area contributed by atoms with Crippen LogP contribution in [0.2, 0.25) is 0 Å². The Morgan fingerprint density at radius 2 is 1.70 bits per heavy atom. The molecule has 0 amide bonds. The number of hydrogen-bond donors (Lipinski definition) is 0. The summed E-state index contributed by atoms with van der Waals surface area (Å²) < 4.78 is 44.8. The van der Waals surface area contributed by atoms with E-state index in [2.05, 4.69) is 0 Å². The normalized spacial score (nSPS) is 14.6. The average Bonchev–Trinajstić information content (AvgIpc) is 3.52. The minimum absolute atomic E-state index is 0.0347. The molecule has 0 N–H and O–H groups in total. The highest BCUT2D eigenvalue weighted by molar-refractivity contribution is 7.90. The molecule has 3 aromatic carbocycles. The van der Waals surface area contributed by atoms with E-state index in [0.717, 1.165) is 9.54 Å². The molecule has 4 aromatic rings. The van der Waals surface area contributed by atoms with Crippen LogP contribution >= 0.6 is 0 Å². The molecule has 0 radical (unpaired) electrons. The number of fused-ring (bicyclic) bond motifs is 1. The van der Waals surface area contributed by atoms with Gasteiger partial charge in [0.15, 0.2) is 6.29 Å². The second kappa shape index (κ2) is 8.47. The van der Waals surface area contributed by atoms with E-state index in [1.165, 1.54) is 19.2 Å². The molecule has 1 aromatic heterocycles. The molecular weight excluding hydrogens is 442 g/mol. The van der Waals surface area contributed by atoms with E-state index in [9.17, 15) is 13.2 Å². The molecule has 0 atom stereocenters. The second-order valence-corrected chi connectivity index (χ2v) is 9.35. The molecule has 1 aliphatic heterocycles. The van der Waals surface area contributed by atoms with Gasteiger partial charge in [0, 0.05) is 16.5 Å². The van der Waals surface area contributed by atoms with Gasteiger partial charge in [-0.15, -0.1) is 0 Å². The van der Waals surface area contributed by atoms with Gasteiger partial charge < -0.3 is 14.2 Å². The summed E-state index contributed by atoms with van der Waals surface area (Å²) >= 11 is 0. The lowest BCUT2D eigenvalue weighted by Gasteiger charge is -2.13. The predicted octanol–water partition coefficient (Wildman–Crippen LogP) is 4.16. The largest absolute Gasteiger partial charge is 0.497 e. The maximum Gasteiger partial charge on any atom is 0.268 e. The van der Waals surface area contributed by atoms with Crippen LogP contribution in [-0.2, 0) is 19.5 Å². The van der Waals surface area contributed by atoms with Crippen LogP contribution in [0, 0.1) is 0 Å². The summed E-state index contributed by atoms with van der Waals surface area (Å²) in [6.45, 7) is 0.983. The first-order valence-corrected chi connectivity index (χ1v) is 11.8. The lowest BCUT2D eigenvalue weighted by atomic mass is 10.1. The molecule has 0 aliphatic carbocycles. The summed E-state index contributed by atoms with van der Waals surface area (Å²) in [5.41, 5.74) is 1.51. The summed E-state index contributed by atoms with van der Waals surface area (Å²) in [5.74, 6) is 0.0757. The van der Waals surface area contributed by atoms with Crippen LogP contribution in [-0.4, -0.2) is 38.5 Å². The number of carbonyl (C=O) groups is 1. The zero-order valence-corrected chi connectivity index (χ0v) is 18.6. The Morgan fingerprint density at radius 1 is 0.939 bits per heavy atom. The summed E-state index contributed by atoms with van der Waals surface area (Å²) in [4.78, 5) is 13.6. The molecule has 1 saturated heterocycles. The van der Waals surface area contributed by atoms with Gasteiger partial charge in [0.05, 0.1) is 30.7 Å². The summed E-state index contributed by atoms with van der Waals surface area (Å²) in [7, 11) is -2.54. The first-order chi connectivity index (χ1) is 16.0. The number of hydrogen-bond acceptors (Lipinski definition) is 6. The Balaban J connectivity index is 1.72. The van der Waals surface area contributed by atoms with Crippen molar-refractivity contribution in [3.63, 3.8) is 0 Å². The van der Waals surface area contributed by atoms with Crippen LogP contribution in [0.5, 0.6) is 5.75 Å². The third-order valence-corrected chi connectivity index (χ3v) is 7.26. The van der Waals surface area contributed by atoms with Crippen LogP contribution in [0.3, 0.4) is 0 Å². The molecule has 2 heterocycles. The highest BCUT2D eigenvalue weighted by Gasteiger charge is 2.28. The van der Waals surface area contributed by atoms with E-state index in [1.807, 2.05) is 0 Å². The van der Waals surface area contributed by atoms with Crippen molar-refractivity contribution in [2.75, 3.05) is 20.3 Å². The molecule has 8 heteroatoms. The van der Waals surface area contributed by atoms with Crippen LogP contribution in [0.4, 0.5) is 0 Å². The Hall–Kier alpha value is -3.46. The number of benzene rings is 3. The predicted molar refractivity (Wildman–Crippen MR) is 122 cm³/mol. The molecule has 0 spiro atoms. The summed E-state index contributed by atoms with van der Waals surface area (Å²) in [6, 6.07) is 21.5. The van der Waals surface area contributed by atoms with Crippen LogP contribution in [0.15, 0.2) is 83.8 Å². The van der Waals surface area contributed by atoms with Crippen molar-refractivity contribution in [1.82, 2.24) is 3.97 Å². The monoisotopic (exact) mass is 463 g/mol. The van der Waals surface area contributed by atoms with Crippen LogP contribution < -0.4 is 4.74 Å². The zero-order chi connectivity index (χ0) is 23.0. The lowest BCUT2D eigenvalue weighted by molar-refractivity contribution is -0.0440. The zero-order valence-electron chi connectivity index (χ0n) is 17.8. The molecule has 0 saturated carbocycles. The third kappa shape index (κ3) is 3.82. The third-order valence-electron chi connectivity index (χ3n) is 5.52. The fourth-order valence-corrected chi connectivity index (χ4v) is 5.47. The van der Waals surface area contributed by atoms with E-state index in [4.69, 9.17) is 14.2 Å².